The molecule has 1 aliphatic rings. The van der Waals surface area contributed by atoms with E-state index in [4.69, 9.17) is 5.11 Å². The lowest BCUT2D eigenvalue weighted by molar-refractivity contribution is -0.151. The molecule has 0 aromatic heterocycles. The van der Waals surface area contributed by atoms with Crippen LogP contribution in [0.1, 0.15) is 12.8 Å². The van der Waals surface area contributed by atoms with Crippen LogP contribution in [0.5, 0.6) is 0 Å². The van der Waals surface area contributed by atoms with Gasteiger partial charge in [0.1, 0.15) is 12.6 Å². The molecule has 0 aliphatic carbocycles. The maximum atomic E-state index is 13.0. The Morgan fingerprint density at radius 1 is 1.59 bits per heavy atom. The summed E-state index contributed by atoms with van der Waals surface area (Å²) < 4.78 is 30.7. The predicted molar refractivity (Wildman–Crippen MR) is 53.9 cm³/mol. The second-order valence-electron chi connectivity index (χ2n) is 3.72. The number of hydrogen-bond donors (Lipinski definition) is 1. The molecule has 1 heterocycles. The summed E-state index contributed by atoms with van der Waals surface area (Å²) in [6.07, 6.45) is -1.04. The predicted octanol–water partition coefficient (Wildman–Crippen LogP) is 1.49. The number of carbonyl (C=O) groups is 2. The Morgan fingerprint density at radius 2 is 2.24 bits per heavy atom. The molecule has 1 saturated heterocycles. The molecule has 1 rings (SSSR count). The third-order valence-electron chi connectivity index (χ3n) is 2.43. The minimum atomic E-state index is -3.06. The van der Waals surface area contributed by atoms with E-state index in [9.17, 15) is 18.4 Å². The highest BCUT2D eigenvalue weighted by molar-refractivity contribution is 5.80. The van der Waals surface area contributed by atoms with E-state index in [1.54, 1.807) is 0 Å². The number of alkyl halides is 2. The second-order valence-corrected chi connectivity index (χ2v) is 3.72. The highest BCUT2D eigenvalue weighted by Crippen LogP contribution is 2.32. The lowest BCUT2D eigenvalue weighted by Crippen LogP contribution is -2.53. The number of aliphatic carboxylic acids is 1. The smallest absolute Gasteiger partial charge is 0.410 e. The largest absolute Gasteiger partial charge is 0.480 e. The molecule has 1 aliphatic heterocycles. The summed E-state index contributed by atoms with van der Waals surface area (Å²) in [5.41, 5.74) is 0. The SMILES string of the molecule is C=CCOC(=O)N1CCC(F)(F)CC1C(=O)O. The van der Waals surface area contributed by atoms with Gasteiger partial charge < -0.3 is 9.84 Å². The molecule has 0 bridgehead atoms. The van der Waals surface area contributed by atoms with Crippen molar-refractivity contribution in [2.45, 2.75) is 24.8 Å². The molecule has 7 heteroatoms. The van der Waals surface area contributed by atoms with E-state index in [-0.39, 0.29) is 13.2 Å². The first-order valence-corrected chi connectivity index (χ1v) is 5.02. The molecule has 0 saturated carbocycles. The molecule has 1 unspecified atom stereocenters. The number of amides is 1. The molecule has 0 aromatic rings. The first kappa shape index (κ1) is 13.4. The van der Waals surface area contributed by atoms with Crippen LogP contribution in [0.25, 0.3) is 0 Å². The quantitative estimate of drug-likeness (QED) is 0.769. The van der Waals surface area contributed by atoms with E-state index in [0.29, 0.717) is 0 Å². The van der Waals surface area contributed by atoms with Gasteiger partial charge in [0.25, 0.3) is 5.92 Å². The summed E-state index contributed by atoms with van der Waals surface area (Å²) in [7, 11) is 0. The normalized spacial score (nSPS) is 22.9. The Kier molecular flexibility index (Phi) is 4.03. The van der Waals surface area contributed by atoms with Gasteiger partial charge in [-0.2, -0.15) is 0 Å². The lowest BCUT2D eigenvalue weighted by Gasteiger charge is -2.35. The molecule has 1 amide bonds. The monoisotopic (exact) mass is 249 g/mol. The van der Waals surface area contributed by atoms with E-state index in [2.05, 4.69) is 11.3 Å². The van der Waals surface area contributed by atoms with Crippen molar-refractivity contribution in [3.8, 4) is 0 Å². The average Bonchev–Trinajstić information content (AvgIpc) is 2.24. The maximum absolute atomic E-state index is 13.0. The Hall–Kier alpha value is -1.66. The molecule has 1 fully saturated rings. The first-order chi connectivity index (χ1) is 7.87. The van der Waals surface area contributed by atoms with Crippen LogP contribution < -0.4 is 0 Å². The number of rotatable bonds is 3. The minimum absolute atomic E-state index is 0.0853. The van der Waals surface area contributed by atoms with E-state index in [1.807, 2.05) is 0 Å². The van der Waals surface area contributed by atoms with Crippen LogP contribution in [-0.2, 0) is 9.53 Å². The molecule has 1 atom stereocenters. The van der Waals surface area contributed by atoms with E-state index in [0.717, 1.165) is 4.90 Å². The zero-order chi connectivity index (χ0) is 13.1. The van der Waals surface area contributed by atoms with Gasteiger partial charge in [0, 0.05) is 19.4 Å². The zero-order valence-corrected chi connectivity index (χ0v) is 9.07. The number of carboxylic acids is 1. The highest BCUT2D eigenvalue weighted by Gasteiger charge is 2.45. The number of halogens is 2. The van der Waals surface area contributed by atoms with Gasteiger partial charge in [0.15, 0.2) is 0 Å². The zero-order valence-electron chi connectivity index (χ0n) is 9.07. The van der Waals surface area contributed by atoms with Crippen molar-refractivity contribution in [3.05, 3.63) is 12.7 Å². The van der Waals surface area contributed by atoms with Crippen LogP contribution in [0.4, 0.5) is 13.6 Å². The lowest BCUT2D eigenvalue weighted by atomic mass is 9.99. The molecule has 1 N–H and O–H groups in total. The summed E-state index contributed by atoms with van der Waals surface area (Å²) in [4.78, 5) is 23.1. The van der Waals surface area contributed by atoms with Crippen molar-refractivity contribution in [1.82, 2.24) is 4.90 Å². The van der Waals surface area contributed by atoms with E-state index < -0.39 is 36.9 Å². The Balaban J connectivity index is 2.73. The minimum Gasteiger partial charge on any atom is -0.480 e. The van der Waals surface area contributed by atoms with Gasteiger partial charge in [-0.05, 0) is 0 Å². The van der Waals surface area contributed by atoms with Crippen LogP contribution in [0.15, 0.2) is 12.7 Å². The topological polar surface area (TPSA) is 66.8 Å². The van der Waals surface area contributed by atoms with Crippen molar-refractivity contribution < 1.29 is 28.2 Å². The summed E-state index contributed by atoms with van der Waals surface area (Å²) in [5.74, 6) is -4.52. The van der Waals surface area contributed by atoms with Crippen LogP contribution in [0.2, 0.25) is 0 Å². The van der Waals surface area contributed by atoms with Gasteiger partial charge in [0.2, 0.25) is 0 Å². The van der Waals surface area contributed by atoms with Crippen LogP contribution in [0.3, 0.4) is 0 Å². The van der Waals surface area contributed by atoms with E-state index >= 15 is 0 Å². The summed E-state index contributed by atoms with van der Waals surface area (Å²) in [6, 6.07) is -1.55. The Labute approximate surface area is 96.7 Å². The Morgan fingerprint density at radius 3 is 2.76 bits per heavy atom. The van der Waals surface area contributed by atoms with Crippen LogP contribution in [0, 0.1) is 0 Å². The number of carboxylic acid groups (broad SMARTS) is 1. The number of piperidine rings is 1. The fourth-order valence-corrected chi connectivity index (χ4v) is 1.59. The number of carbonyl (C=O) groups excluding carboxylic acids is 1. The van der Waals surface area contributed by atoms with Crippen molar-refractivity contribution in [2.24, 2.45) is 0 Å². The average molecular weight is 249 g/mol. The number of hydrogen-bond acceptors (Lipinski definition) is 3. The van der Waals surface area contributed by atoms with Crippen molar-refractivity contribution in [2.75, 3.05) is 13.2 Å². The molecular formula is C10H13F2NO4. The van der Waals surface area contributed by atoms with Crippen LogP contribution >= 0.6 is 0 Å². The second kappa shape index (κ2) is 5.11. The molecule has 0 aromatic carbocycles. The highest BCUT2D eigenvalue weighted by atomic mass is 19.3. The van der Waals surface area contributed by atoms with Gasteiger partial charge in [-0.1, -0.05) is 12.7 Å². The van der Waals surface area contributed by atoms with Gasteiger partial charge in [-0.15, -0.1) is 0 Å². The molecule has 17 heavy (non-hydrogen) atoms. The van der Waals surface area contributed by atoms with Gasteiger partial charge in [0.05, 0.1) is 0 Å². The van der Waals surface area contributed by atoms with Crippen molar-refractivity contribution in [1.29, 1.82) is 0 Å². The van der Waals surface area contributed by atoms with Crippen molar-refractivity contribution >= 4 is 12.1 Å². The van der Waals surface area contributed by atoms with E-state index in [1.165, 1.54) is 6.08 Å². The van der Waals surface area contributed by atoms with Gasteiger partial charge in [-0.25, -0.2) is 18.4 Å². The number of nitrogens with zero attached hydrogens (tertiary/aromatic N) is 1. The van der Waals surface area contributed by atoms with Crippen LogP contribution in [-0.4, -0.2) is 47.2 Å². The van der Waals surface area contributed by atoms with Crippen molar-refractivity contribution in [3.63, 3.8) is 0 Å². The number of likely N-dealkylation sites (tertiary alicyclic amines) is 1. The molecular weight excluding hydrogens is 236 g/mol. The standard InChI is InChI=1S/C10H13F2NO4/c1-2-5-17-9(16)13-4-3-10(11,12)6-7(13)8(14)15/h2,7H,1,3-6H2,(H,14,15). The van der Waals surface area contributed by atoms with Gasteiger partial charge in [-0.3, -0.25) is 4.90 Å². The summed E-state index contributed by atoms with van der Waals surface area (Å²) in [5, 5.41) is 8.81. The Bertz CT molecular complexity index is 332. The molecule has 0 radical (unpaired) electrons. The fraction of sp³-hybridized carbons (Fsp3) is 0.600. The fourth-order valence-electron chi connectivity index (χ4n) is 1.59. The molecule has 0 spiro atoms. The number of ether oxygens (including phenoxy) is 1. The van der Waals surface area contributed by atoms with Gasteiger partial charge >= 0.3 is 12.1 Å². The molecule has 5 nitrogen and oxygen atoms in total. The third-order valence-corrected chi connectivity index (χ3v) is 2.43. The first-order valence-electron chi connectivity index (χ1n) is 5.02. The summed E-state index contributed by atoms with van der Waals surface area (Å²) >= 11 is 0. The third kappa shape index (κ3) is 3.40. The molecule has 96 valence electrons. The summed E-state index contributed by atoms with van der Waals surface area (Å²) in [6.45, 7) is 2.90. The maximum Gasteiger partial charge on any atom is 0.410 e.